The summed E-state index contributed by atoms with van der Waals surface area (Å²) in [4.78, 5) is 42.5. The second-order valence-electron chi connectivity index (χ2n) is 8.53. The van der Waals surface area contributed by atoms with Crippen molar-refractivity contribution in [2.24, 2.45) is 0 Å². The van der Waals surface area contributed by atoms with Crippen molar-refractivity contribution in [3.63, 3.8) is 0 Å². The molecule has 5 rings (SSSR count). The molecule has 1 aliphatic rings. The summed E-state index contributed by atoms with van der Waals surface area (Å²) >= 11 is 6.97. The monoisotopic (exact) mass is 648 g/mol. The van der Waals surface area contributed by atoms with Gasteiger partial charge in [-0.15, -0.1) is 0 Å². The highest BCUT2D eigenvalue weighted by Gasteiger charge is 2.43. The van der Waals surface area contributed by atoms with Gasteiger partial charge in [0, 0.05) is 0 Å². The zero-order chi connectivity index (χ0) is 27.5. The molecule has 0 atom stereocenters. The lowest BCUT2D eigenvalue weighted by molar-refractivity contribution is -0.121. The quantitative estimate of drug-likeness (QED) is 0.160. The maximum absolute atomic E-state index is 13.6. The zero-order valence-corrected chi connectivity index (χ0v) is 23.4. The molecule has 0 spiro atoms. The zero-order valence-electron chi connectivity index (χ0n) is 20.2. The van der Waals surface area contributed by atoms with Crippen molar-refractivity contribution in [2.75, 3.05) is 9.80 Å². The third-order valence-electron chi connectivity index (χ3n) is 5.88. The number of nitrogens with zero attached hydrogens (tertiary/aromatic N) is 2. The lowest BCUT2D eigenvalue weighted by Crippen LogP contribution is -2.57. The fraction of sp³-hybridized carbons (Fsp3) is 0.0333. The van der Waals surface area contributed by atoms with Crippen LogP contribution in [-0.2, 0) is 16.2 Å². The molecule has 0 bridgehead atoms. The van der Waals surface area contributed by atoms with Crippen molar-refractivity contribution in [2.45, 2.75) is 6.61 Å². The minimum absolute atomic E-state index is 0.131. The normalized spacial score (nSPS) is 13.6. The van der Waals surface area contributed by atoms with Gasteiger partial charge >= 0.3 is 6.03 Å². The molecule has 1 fully saturated rings. The van der Waals surface area contributed by atoms with Crippen LogP contribution in [0.5, 0.6) is 5.75 Å². The van der Waals surface area contributed by atoms with E-state index in [1.807, 2.05) is 0 Å². The van der Waals surface area contributed by atoms with Crippen LogP contribution in [0.3, 0.4) is 0 Å². The standard InChI is InChI=1S/C30H19Br2FN2O4/c31-25-16-20(17-26(32)27(25)39-18-19-8-7-9-21(33)14-19)15-24-28(36)34(22-10-3-1-4-11-22)30(38)35(29(24)37)23-12-5-2-6-13-23/h1-17H,18H2. The average molecular weight is 650 g/mol. The fourth-order valence-electron chi connectivity index (χ4n) is 4.09. The van der Waals surface area contributed by atoms with E-state index in [1.54, 1.807) is 84.9 Å². The number of halogens is 3. The van der Waals surface area contributed by atoms with Gasteiger partial charge in [0.05, 0.1) is 20.3 Å². The largest absolute Gasteiger partial charge is 0.487 e. The van der Waals surface area contributed by atoms with E-state index in [0.717, 1.165) is 9.80 Å². The lowest BCUT2D eigenvalue weighted by atomic mass is 10.0. The summed E-state index contributed by atoms with van der Waals surface area (Å²) in [5, 5.41) is 0. The van der Waals surface area contributed by atoms with Crippen LogP contribution in [0.2, 0.25) is 0 Å². The molecule has 1 aliphatic heterocycles. The highest BCUT2D eigenvalue weighted by molar-refractivity contribution is 9.11. The number of ether oxygens (including phenoxy) is 1. The van der Waals surface area contributed by atoms with Crippen molar-refractivity contribution in [1.29, 1.82) is 0 Å². The first-order valence-electron chi connectivity index (χ1n) is 11.7. The maximum atomic E-state index is 13.6. The van der Waals surface area contributed by atoms with Gasteiger partial charge in [0.15, 0.2) is 0 Å². The number of urea groups is 1. The van der Waals surface area contributed by atoms with Crippen LogP contribution in [0, 0.1) is 5.82 Å². The molecule has 4 aromatic rings. The first-order chi connectivity index (χ1) is 18.8. The van der Waals surface area contributed by atoms with E-state index >= 15 is 0 Å². The summed E-state index contributed by atoms with van der Waals surface area (Å²) in [5.74, 6) is -1.36. The third kappa shape index (κ3) is 5.55. The summed E-state index contributed by atoms with van der Waals surface area (Å²) in [6.45, 7) is 0.131. The van der Waals surface area contributed by atoms with Crippen molar-refractivity contribution in [3.05, 3.63) is 129 Å². The fourth-order valence-corrected chi connectivity index (χ4v) is 5.54. The van der Waals surface area contributed by atoms with E-state index in [-0.39, 0.29) is 18.0 Å². The van der Waals surface area contributed by atoms with Gasteiger partial charge in [0.2, 0.25) is 0 Å². The van der Waals surface area contributed by atoms with Crippen molar-refractivity contribution >= 4 is 67.2 Å². The van der Waals surface area contributed by atoms with Gasteiger partial charge in [-0.05, 0) is 97.6 Å². The molecular formula is C30H19Br2FN2O4. The molecule has 0 N–H and O–H groups in total. The minimum Gasteiger partial charge on any atom is -0.487 e. The molecule has 39 heavy (non-hydrogen) atoms. The molecule has 0 aromatic heterocycles. The summed E-state index contributed by atoms with van der Waals surface area (Å²) in [5.41, 5.74) is 1.67. The highest BCUT2D eigenvalue weighted by atomic mass is 79.9. The van der Waals surface area contributed by atoms with Gasteiger partial charge in [-0.2, -0.15) is 0 Å². The first kappa shape index (κ1) is 26.5. The Bertz CT molecular complexity index is 1520. The molecule has 1 saturated heterocycles. The van der Waals surface area contributed by atoms with E-state index in [2.05, 4.69) is 31.9 Å². The molecule has 6 nitrogen and oxygen atoms in total. The number of carbonyl (C=O) groups excluding carboxylic acids is 3. The second-order valence-corrected chi connectivity index (χ2v) is 10.2. The van der Waals surface area contributed by atoms with Gasteiger partial charge in [-0.1, -0.05) is 48.5 Å². The van der Waals surface area contributed by atoms with Gasteiger partial charge in [-0.3, -0.25) is 9.59 Å². The van der Waals surface area contributed by atoms with Crippen molar-refractivity contribution in [3.8, 4) is 5.75 Å². The molecule has 9 heteroatoms. The van der Waals surface area contributed by atoms with Crippen LogP contribution in [0.4, 0.5) is 20.6 Å². The number of para-hydroxylation sites is 2. The average Bonchev–Trinajstić information content (AvgIpc) is 2.92. The van der Waals surface area contributed by atoms with Crippen LogP contribution in [-0.4, -0.2) is 17.8 Å². The molecule has 1 heterocycles. The van der Waals surface area contributed by atoms with E-state index in [0.29, 0.717) is 37.2 Å². The van der Waals surface area contributed by atoms with Crippen molar-refractivity contribution in [1.82, 2.24) is 0 Å². The Morgan fingerprint density at radius 1 is 0.718 bits per heavy atom. The number of hydrogen-bond acceptors (Lipinski definition) is 4. The van der Waals surface area contributed by atoms with Crippen LogP contribution < -0.4 is 14.5 Å². The Balaban J connectivity index is 1.52. The summed E-state index contributed by atoms with van der Waals surface area (Å²) in [6.07, 6.45) is 1.44. The van der Waals surface area contributed by atoms with E-state index in [4.69, 9.17) is 4.74 Å². The molecular weight excluding hydrogens is 631 g/mol. The van der Waals surface area contributed by atoms with Crippen molar-refractivity contribution < 1.29 is 23.5 Å². The highest BCUT2D eigenvalue weighted by Crippen LogP contribution is 2.37. The Labute approximate surface area is 240 Å². The smallest absolute Gasteiger partial charge is 0.343 e. The summed E-state index contributed by atoms with van der Waals surface area (Å²) in [6, 6.07) is 25.6. The van der Waals surface area contributed by atoms with Crippen LogP contribution in [0.15, 0.2) is 112 Å². The van der Waals surface area contributed by atoms with Gasteiger partial charge < -0.3 is 4.74 Å². The minimum atomic E-state index is -0.761. The molecule has 4 aromatic carbocycles. The third-order valence-corrected chi connectivity index (χ3v) is 7.06. The molecule has 4 amide bonds. The topological polar surface area (TPSA) is 66.9 Å². The van der Waals surface area contributed by atoms with Gasteiger partial charge in [0.25, 0.3) is 11.8 Å². The maximum Gasteiger partial charge on any atom is 0.343 e. The Hall–Kier alpha value is -4.08. The number of benzene rings is 4. The number of anilines is 2. The lowest BCUT2D eigenvalue weighted by Gasteiger charge is -2.34. The van der Waals surface area contributed by atoms with Crippen LogP contribution in [0.25, 0.3) is 6.08 Å². The van der Waals surface area contributed by atoms with E-state index in [9.17, 15) is 18.8 Å². The van der Waals surface area contributed by atoms with Gasteiger partial charge in [0.1, 0.15) is 23.7 Å². The van der Waals surface area contributed by atoms with Crippen LogP contribution >= 0.6 is 31.9 Å². The molecule has 0 unspecified atom stereocenters. The molecule has 194 valence electrons. The van der Waals surface area contributed by atoms with E-state index in [1.165, 1.54) is 18.2 Å². The molecule has 0 radical (unpaired) electrons. The Morgan fingerprint density at radius 3 is 1.77 bits per heavy atom. The SMILES string of the molecule is O=C1C(=Cc2cc(Br)c(OCc3cccc(F)c3)c(Br)c2)C(=O)N(c2ccccc2)C(=O)N1c1ccccc1. The molecule has 0 saturated carbocycles. The number of barbiturate groups is 1. The number of imide groups is 2. The first-order valence-corrected chi connectivity index (χ1v) is 13.3. The molecule has 0 aliphatic carbocycles. The summed E-state index contributed by atoms with van der Waals surface area (Å²) < 4.78 is 20.5. The van der Waals surface area contributed by atoms with Gasteiger partial charge in [-0.25, -0.2) is 19.0 Å². The summed E-state index contributed by atoms with van der Waals surface area (Å²) in [7, 11) is 0. The second kappa shape index (κ2) is 11.3. The number of carbonyl (C=O) groups is 3. The Morgan fingerprint density at radius 2 is 1.26 bits per heavy atom. The van der Waals surface area contributed by atoms with E-state index < -0.39 is 17.8 Å². The van der Waals surface area contributed by atoms with Crippen LogP contribution in [0.1, 0.15) is 11.1 Å². The number of hydrogen-bond donors (Lipinski definition) is 0. The number of rotatable bonds is 6. The predicted octanol–water partition coefficient (Wildman–Crippen LogP) is 7.51. The number of amides is 4. The Kier molecular flexibility index (Phi) is 7.72. The predicted molar refractivity (Wildman–Crippen MR) is 154 cm³/mol.